The Morgan fingerprint density at radius 3 is 2.74 bits per heavy atom. The zero-order valence-corrected chi connectivity index (χ0v) is 19.1. The summed E-state index contributed by atoms with van der Waals surface area (Å²) in [5.41, 5.74) is 1.07. The molecule has 2 aromatic heterocycles. The molecule has 0 bridgehead atoms. The molecule has 0 aromatic carbocycles. The van der Waals surface area contributed by atoms with Crippen LogP contribution in [-0.2, 0) is 32.4 Å². The average Bonchev–Trinajstić information content (AvgIpc) is 3.51. The zero-order valence-electron chi connectivity index (χ0n) is 16.7. The van der Waals surface area contributed by atoms with E-state index < -0.39 is 34.0 Å². The van der Waals surface area contributed by atoms with E-state index in [0.29, 0.717) is 24.3 Å². The first-order chi connectivity index (χ1) is 14.8. The van der Waals surface area contributed by atoms with Gasteiger partial charge < -0.3 is 10.1 Å². The first-order valence-corrected chi connectivity index (χ1v) is 12.9. The smallest absolute Gasteiger partial charge is 0.413 e. The minimum Gasteiger partial charge on any atom is -0.453 e. The number of alkyl carbamates (subject to hydrolysis) is 1. The SMILES string of the molecule is COC(=O)NC(=O)c1c(NC(=O)C2CCCN2S(=O)(=O)c2cccs2)sc2c1CCC2. The summed E-state index contributed by atoms with van der Waals surface area (Å²) in [4.78, 5) is 38.3. The monoisotopic (exact) mass is 483 g/mol. The Hall–Kier alpha value is -2.28. The fourth-order valence-electron chi connectivity index (χ4n) is 3.95. The quantitative estimate of drug-likeness (QED) is 0.674. The number of methoxy groups -OCH3 is 1. The number of hydrogen-bond donors (Lipinski definition) is 2. The Balaban J connectivity index is 1.59. The van der Waals surface area contributed by atoms with Crippen molar-refractivity contribution < 1.29 is 27.5 Å². The van der Waals surface area contributed by atoms with Crippen molar-refractivity contribution in [2.45, 2.75) is 42.4 Å². The summed E-state index contributed by atoms with van der Waals surface area (Å²) < 4.78 is 31.8. The maximum Gasteiger partial charge on any atom is 0.413 e. The topological polar surface area (TPSA) is 122 Å². The molecule has 1 atom stereocenters. The molecule has 12 heteroatoms. The first-order valence-electron chi connectivity index (χ1n) is 9.73. The summed E-state index contributed by atoms with van der Waals surface area (Å²) in [6.45, 7) is 0.259. The third-order valence-electron chi connectivity index (χ3n) is 5.35. The number of hydrogen-bond acceptors (Lipinski definition) is 8. The van der Waals surface area contributed by atoms with Crippen molar-refractivity contribution >= 4 is 55.6 Å². The van der Waals surface area contributed by atoms with Crippen molar-refractivity contribution in [3.8, 4) is 0 Å². The molecule has 9 nitrogen and oxygen atoms in total. The summed E-state index contributed by atoms with van der Waals surface area (Å²) in [6.07, 6.45) is 2.43. The number of carbonyl (C=O) groups is 3. The first kappa shape index (κ1) is 21.9. The molecule has 1 aliphatic carbocycles. The largest absolute Gasteiger partial charge is 0.453 e. The third kappa shape index (κ3) is 4.12. The molecule has 1 unspecified atom stereocenters. The molecule has 3 amide bonds. The second kappa shape index (κ2) is 8.69. The van der Waals surface area contributed by atoms with Crippen molar-refractivity contribution in [3.05, 3.63) is 33.5 Å². The van der Waals surface area contributed by atoms with Gasteiger partial charge in [-0.1, -0.05) is 6.07 Å². The van der Waals surface area contributed by atoms with Crippen molar-refractivity contribution in [1.29, 1.82) is 0 Å². The lowest BCUT2D eigenvalue weighted by atomic mass is 10.1. The van der Waals surface area contributed by atoms with Gasteiger partial charge in [0.05, 0.1) is 12.7 Å². The Morgan fingerprint density at radius 2 is 2.03 bits per heavy atom. The minimum absolute atomic E-state index is 0.195. The third-order valence-corrected chi connectivity index (χ3v) is 9.84. The van der Waals surface area contributed by atoms with Gasteiger partial charge in [-0.25, -0.2) is 13.2 Å². The van der Waals surface area contributed by atoms with Crippen molar-refractivity contribution in [3.63, 3.8) is 0 Å². The van der Waals surface area contributed by atoms with E-state index in [2.05, 4.69) is 15.4 Å². The van der Waals surface area contributed by atoms with Gasteiger partial charge in [-0.2, -0.15) is 4.31 Å². The molecular formula is C19H21N3O6S3. The van der Waals surface area contributed by atoms with E-state index in [-0.39, 0.29) is 16.3 Å². The summed E-state index contributed by atoms with van der Waals surface area (Å²) >= 11 is 2.40. The van der Waals surface area contributed by atoms with Gasteiger partial charge >= 0.3 is 6.09 Å². The molecule has 1 saturated heterocycles. The number of ether oxygens (including phenoxy) is 1. The number of thiophene rings is 2. The van der Waals surface area contributed by atoms with Crippen LogP contribution in [0.2, 0.25) is 0 Å². The summed E-state index contributed by atoms with van der Waals surface area (Å²) in [6, 6.07) is 2.31. The van der Waals surface area contributed by atoms with Gasteiger partial charge in [0.1, 0.15) is 15.3 Å². The highest BCUT2D eigenvalue weighted by molar-refractivity contribution is 7.91. The number of amides is 3. The predicted octanol–water partition coefficient (Wildman–Crippen LogP) is 2.59. The highest BCUT2D eigenvalue weighted by atomic mass is 32.2. The molecule has 31 heavy (non-hydrogen) atoms. The molecule has 0 spiro atoms. The molecule has 0 saturated carbocycles. The fraction of sp³-hybridized carbons (Fsp3) is 0.421. The number of sulfonamides is 1. The van der Waals surface area contributed by atoms with E-state index in [0.717, 1.165) is 41.7 Å². The van der Waals surface area contributed by atoms with Crippen molar-refractivity contribution in [2.75, 3.05) is 19.0 Å². The lowest BCUT2D eigenvalue weighted by Crippen LogP contribution is -2.43. The van der Waals surface area contributed by atoms with Crippen LogP contribution in [0.3, 0.4) is 0 Å². The number of nitrogens with zero attached hydrogens (tertiary/aromatic N) is 1. The van der Waals surface area contributed by atoms with E-state index in [1.807, 2.05) is 0 Å². The Kier molecular flexibility index (Phi) is 6.15. The predicted molar refractivity (Wildman–Crippen MR) is 116 cm³/mol. The van der Waals surface area contributed by atoms with Crippen LogP contribution >= 0.6 is 22.7 Å². The van der Waals surface area contributed by atoms with E-state index in [1.54, 1.807) is 11.4 Å². The van der Waals surface area contributed by atoms with Crippen LogP contribution in [0, 0.1) is 0 Å². The second-order valence-corrected chi connectivity index (χ2v) is 11.4. The molecule has 2 aromatic rings. The van der Waals surface area contributed by atoms with E-state index >= 15 is 0 Å². The lowest BCUT2D eigenvalue weighted by Gasteiger charge is -2.22. The van der Waals surface area contributed by atoms with Gasteiger partial charge in [-0.05, 0) is 49.1 Å². The molecule has 0 radical (unpaired) electrons. The number of anilines is 1. The van der Waals surface area contributed by atoms with Crippen molar-refractivity contribution in [2.24, 2.45) is 0 Å². The molecule has 2 N–H and O–H groups in total. The number of rotatable bonds is 5. The lowest BCUT2D eigenvalue weighted by molar-refractivity contribution is -0.119. The molecule has 166 valence electrons. The highest BCUT2D eigenvalue weighted by Gasteiger charge is 2.40. The van der Waals surface area contributed by atoms with E-state index in [9.17, 15) is 22.8 Å². The fourth-order valence-corrected chi connectivity index (χ4v) is 8.02. The standard InChI is InChI=1S/C19H21N3O6S3/c1-28-19(25)21-17(24)15-11-5-2-7-13(11)30-18(15)20-16(23)12-6-3-9-22(12)31(26,27)14-8-4-10-29-14/h4,8,10,12H,2-3,5-7,9H2,1H3,(H,20,23)(H,21,24,25). The van der Waals surface area contributed by atoms with Gasteiger partial charge in [-0.3, -0.25) is 14.9 Å². The number of nitrogens with one attached hydrogen (secondary N) is 2. The van der Waals surface area contributed by atoms with Gasteiger partial charge in [0, 0.05) is 11.4 Å². The number of imide groups is 1. The minimum atomic E-state index is -3.77. The summed E-state index contributed by atoms with van der Waals surface area (Å²) in [7, 11) is -2.61. The molecule has 4 rings (SSSR count). The second-order valence-electron chi connectivity index (χ2n) is 7.20. The summed E-state index contributed by atoms with van der Waals surface area (Å²) in [5.74, 6) is -1.12. The van der Waals surface area contributed by atoms with Crippen LogP contribution in [0.15, 0.2) is 21.7 Å². The molecule has 2 aliphatic rings. The van der Waals surface area contributed by atoms with Crippen LogP contribution in [0.5, 0.6) is 0 Å². The van der Waals surface area contributed by atoms with Gasteiger partial charge in [-0.15, -0.1) is 22.7 Å². The van der Waals surface area contributed by atoms with Gasteiger partial charge in [0.15, 0.2) is 0 Å². The normalized spacial score (nSPS) is 18.5. The van der Waals surface area contributed by atoms with Crippen LogP contribution in [-0.4, -0.2) is 50.3 Å². The van der Waals surface area contributed by atoms with Crippen LogP contribution in [0.1, 0.15) is 40.1 Å². The Morgan fingerprint density at radius 1 is 1.23 bits per heavy atom. The summed E-state index contributed by atoms with van der Waals surface area (Å²) in [5, 5.41) is 6.92. The highest BCUT2D eigenvalue weighted by Crippen LogP contribution is 2.39. The number of fused-ring (bicyclic) bond motifs is 1. The molecule has 1 aliphatic heterocycles. The Labute approximate surface area is 187 Å². The molecule has 1 fully saturated rings. The van der Waals surface area contributed by atoms with Crippen LogP contribution in [0.25, 0.3) is 0 Å². The molecular weight excluding hydrogens is 462 g/mol. The molecule has 3 heterocycles. The zero-order chi connectivity index (χ0) is 22.2. The van der Waals surface area contributed by atoms with E-state index in [4.69, 9.17) is 0 Å². The van der Waals surface area contributed by atoms with E-state index in [1.165, 1.54) is 21.7 Å². The van der Waals surface area contributed by atoms with Gasteiger partial charge in [0.25, 0.3) is 15.9 Å². The van der Waals surface area contributed by atoms with Crippen LogP contribution < -0.4 is 10.6 Å². The van der Waals surface area contributed by atoms with Crippen molar-refractivity contribution in [1.82, 2.24) is 9.62 Å². The number of carbonyl (C=O) groups excluding carboxylic acids is 3. The van der Waals surface area contributed by atoms with Crippen LogP contribution in [0.4, 0.5) is 9.80 Å². The van der Waals surface area contributed by atoms with Gasteiger partial charge in [0.2, 0.25) is 5.91 Å². The maximum absolute atomic E-state index is 13.1. The Bertz CT molecular complexity index is 1120. The number of aryl methyl sites for hydroxylation is 1. The average molecular weight is 484 g/mol. The maximum atomic E-state index is 13.1.